The van der Waals surface area contributed by atoms with Gasteiger partial charge in [0.15, 0.2) is 0 Å². The molecule has 1 amide bonds. The van der Waals surface area contributed by atoms with Crippen LogP contribution in [0.4, 0.5) is 5.69 Å². The normalized spacial score (nSPS) is 17.1. The van der Waals surface area contributed by atoms with Crippen molar-refractivity contribution in [2.45, 2.75) is 65.2 Å². The lowest BCUT2D eigenvalue weighted by Gasteiger charge is -2.10. The second kappa shape index (κ2) is 7.67. The van der Waals surface area contributed by atoms with E-state index in [-0.39, 0.29) is 5.91 Å². The molecule has 0 bridgehead atoms. The first-order valence-electron chi connectivity index (χ1n) is 10.1. The van der Waals surface area contributed by atoms with E-state index in [4.69, 9.17) is 4.42 Å². The number of hydrogen-bond acceptors (Lipinski definition) is 2. The molecule has 1 aromatic heterocycles. The minimum absolute atomic E-state index is 0.0416. The number of benzene rings is 1. The number of unbranched alkanes of at least 4 members (excludes halogenated alkanes) is 2. The number of aryl methyl sites for hydroxylation is 1. The van der Waals surface area contributed by atoms with Crippen LogP contribution in [-0.2, 0) is 24.1 Å². The standard InChI is InChI=1S/C23H26BrNO2/c1-3-4-5-8-16-15-9-6-7-10-20(15)27-21(16)13-17-22-14(2)18(24)11-12-19(22)25-23(17)26/h11-13H,3-10H2,1-2H3,(H,25,26). The molecule has 0 radical (unpaired) electrons. The molecule has 0 saturated carbocycles. The SMILES string of the molecule is CCCCCc1c(C=C2C(=O)Nc3ccc(Br)c(C)c32)oc2c1CCCC2. The van der Waals surface area contributed by atoms with E-state index in [0.29, 0.717) is 5.57 Å². The largest absolute Gasteiger partial charge is 0.461 e. The van der Waals surface area contributed by atoms with Gasteiger partial charge in [-0.2, -0.15) is 0 Å². The summed E-state index contributed by atoms with van der Waals surface area (Å²) in [5, 5.41) is 3.00. The van der Waals surface area contributed by atoms with E-state index in [0.717, 1.165) is 52.1 Å². The number of fused-ring (bicyclic) bond motifs is 2. The van der Waals surface area contributed by atoms with E-state index in [1.54, 1.807) is 0 Å². The van der Waals surface area contributed by atoms with Crippen molar-refractivity contribution in [1.82, 2.24) is 0 Å². The van der Waals surface area contributed by atoms with Crippen molar-refractivity contribution in [2.24, 2.45) is 0 Å². The number of hydrogen-bond donors (Lipinski definition) is 1. The Balaban J connectivity index is 1.79. The molecule has 1 aliphatic carbocycles. The summed E-state index contributed by atoms with van der Waals surface area (Å²) in [7, 11) is 0. The fourth-order valence-corrected chi connectivity index (χ4v) is 4.63. The fourth-order valence-electron chi connectivity index (χ4n) is 4.30. The Labute approximate surface area is 169 Å². The Morgan fingerprint density at radius 2 is 2.04 bits per heavy atom. The van der Waals surface area contributed by atoms with Gasteiger partial charge in [0.1, 0.15) is 11.5 Å². The highest BCUT2D eigenvalue weighted by Gasteiger charge is 2.29. The monoisotopic (exact) mass is 427 g/mol. The smallest absolute Gasteiger partial charge is 0.256 e. The number of halogens is 1. The molecule has 4 heteroatoms. The van der Waals surface area contributed by atoms with Crippen LogP contribution in [0.25, 0.3) is 11.6 Å². The predicted octanol–water partition coefficient (Wildman–Crippen LogP) is 6.45. The van der Waals surface area contributed by atoms with Crippen molar-refractivity contribution < 1.29 is 9.21 Å². The van der Waals surface area contributed by atoms with Crippen LogP contribution < -0.4 is 5.32 Å². The van der Waals surface area contributed by atoms with Crippen molar-refractivity contribution >= 4 is 39.2 Å². The number of amides is 1. The summed E-state index contributed by atoms with van der Waals surface area (Å²) in [5.41, 5.74) is 6.42. The number of anilines is 1. The molecule has 3 nitrogen and oxygen atoms in total. The summed E-state index contributed by atoms with van der Waals surface area (Å²) in [5.74, 6) is 2.00. The van der Waals surface area contributed by atoms with Gasteiger partial charge < -0.3 is 9.73 Å². The van der Waals surface area contributed by atoms with Crippen LogP contribution in [0.1, 0.15) is 72.8 Å². The van der Waals surface area contributed by atoms with Gasteiger partial charge in [0, 0.05) is 27.7 Å². The van der Waals surface area contributed by atoms with E-state index in [9.17, 15) is 4.79 Å². The van der Waals surface area contributed by atoms with Crippen LogP contribution in [0, 0.1) is 6.92 Å². The summed E-state index contributed by atoms with van der Waals surface area (Å²) in [6.45, 7) is 4.28. The maximum atomic E-state index is 12.7. The van der Waals surface area contributed by atoms with E-state index in [2.05, 4.69) is 28.2 Å². The first kappa shape index (κ1) is 18.5. The highest BCUT2D eigenvalue weighted by molar-refractivity contribution is 9.10. The summed E-state index contributed by atoms with van der Waals surface area (Å²) >= 11 is 3.59. The van der Waals surface area contributed by atoms with E-state index < -0.39 is 0 Å². The molecule has 1 aromatic carbocycles. The highest BCUT2D eigenvalue weighted by atomic mass is 79.9. The zero-order valence-electron chi connectivity index (χ0n) is 16.1. The topological polar surface area (TPSA) is 42.2 Å². The van der Waals surface area contributed by atoms with Gasteiger partial charge in [-0.1, -0.05) is 35.7 Å². The lowest BCUT2D eigenvalue weighted by molar-refractivity contribution is -0.110. The van der Waals surface area contributed by atoms with E-state index in [1.807, 2.05) is 25.1 Å². The molecule has 1 N–H and O–H groups in total. The number of carbonyl (C=O) groups excluding carboxylic acids is 1. The van der Waals surface area contributed by atoms with Gasteiger partial charge in [0.05, 0.1) is 5.57 Å². The Hall–Kier alpha value is -1.81. The number of rotatable bonds is 5. The van der Waals surface area contributed by atoms with Crippen molar-refractivity contribution in [3.05, 3.63) is 50.4 Å². The average molecular weight is 428 g/mol. The van der Waals surface area contributed by atoms with Gasteiger partial charge >= 0.3 is 0 Å². The van der Waals surface area contributed by atoms with Gasteiger partial charge in [-0.15, -0.1) is 0 Å². The van der Waals surface area contributed by atoms with Gasteiger partial charge in [0.25, 0.3) is 5.91 Å². The number of nitrogens with one attached hydrogen (secondary N) is 1. The number of carbonyl (C=O) groups is 1. The minimum Gasteiger partial charge on any atom is -0.461 e. The van der Waals surface area contributed by atoms with E-state index in [1.165, 1.54) is 43.2 Å². The van der Waals surface area contributed by atoms with Gasteiger partial charge in [-0.25, -0.2) is 0 Å². The van der Waals surface area contributed by atoms with Crippen LogP contribution in [0.5, 0.6) is 0 Å². The van der Waals surface area contributed by atoms with Crippen molar-refractivity contribution in [2.75, 3.05) is 5.32 Å². The molecule has 0 spiro atoms. The zero-order chi connectivity index (χ0) is 19.0. The molecule has 2 aliphatic rings. The average Bonchev–Trinajstić information content (AvgIpc) is 3.17. The molecule has 0 unspecified atom stereocenters. The maximum Gasteiger partial charge on any atom is 0.256 e. The van der Waals surface area contributed by atoms with Crippen molar-refractivity contribution in [3.63, 3.8) is 0 Å². The summed E-state index contributed by atoms with van der Waals surface area (Å²) in [6, 6.07) is 3.94. The highest BCUT2D eigenvalue weighted by Crippen LogP contribution is 2.40. The Bertz CT molecular complexity index is 923. The molecule has 2 aromatic rings. The third-order valence-corrected chi connectivity index (χ3v) is 6.64. The molecular weight excluding hydrogens is 402 g/mol. The maximum absolute atomic E-state index is 12.7. The number of furan rings is 1. The molecular formula is C23H26BrNO2. The zero-order valence-corrected chi connectivity index (χ0v) is 17.7. The molecule has 27 heavy (non-hydrogen) atoms. The van der Waals surface area contributed by atoms with Gasteiger partial charge in [0.2, 0.25) is 0 Å². The van der Waals surface area contributed by atoms with E-state index >= 15 is 0 Å². The minimum atomic E-state index is -0.0416. The van der Waals surface area contributed by atoms with Crippen LogP contribution in [0.3, 0.4) is 0 Å². The molecule has 2 heterocycles. The quantitative estimate of drug-likeness (QED) is 0.439. The lowest BCUT2D eigenvalue weighted by atomic mass is 9.91. The van der Waals surface area contributed by atoms with Gasteiger partial charge in [-0.3, -0.25) is 4.79 Å². The van der Waals surface area contributed by atoms with Crippen molar-refractivity contribution in [1.29, 1.82) is 0 Å². The second-order valence-electron chi connectivity index (χ2n) is 7.62. The third-order valence-electron chi connectivity index (χ3n) is 5.78. The summed E-state index contributed by atoms with van der Waals surface area (Å²) < 4.78 is 7.31. The van der Waals surface area contributed by atoms with Crippen LogP contribution in [0.2, 0.25) is 0 Å². The molecule has 0 fully saturated rings. The summed E-state index contributed by atoms with van der Waals surface area (Å²) in [4.78, 5) is 12.7. The second-order valence-corrected chi connectivity index (χ2v) is 8.47. The molecule has 0 saturated heterocycles. The third kappa shape index (κ3) is 3.40. The molecule has 4 rings (SSSR count). The first-order chi connectivity index (χ1) is 13.1. The summed E-state index contributed by atoms with van der Waals surface area (Å²) in [6.07, 6.45) is 11.2. The lowest BCUT2D eigenvalue weighted by Crippen LogP contribution is -2.04. The Morgan fingerprint density at radius 1 is 1.22 bits per heavy atom. The van der Waals surface area contributed by atoms with Gasteiger partial charge in [-0.05, 0) is 68.4 Å². The molecule has 0 atom stereocenters. The van der Waals surface area contributed by atoms with Crippen LogP contribution >= 0.6 is 15.9 Å². The Kier molecular flexibility index (Phi) is 5.27. The Morgan fingerprint density at radius 3 is 2.85 bits per heavy atom. The van der Waals surface area contributed by atoms with Crippen LogP contribution in [0.15, 0.2) is 21.0 Å². The molecule has 1 aliphatic heterocycles. The predicted molar refractivity (Wildman–Crippen MR) is 114 cm³/mol. The first-order valence-corrected chi connectivity index (χ1v) is 10.9. The van der Waals surface area contributed by atoms with Crippen molar-refractivity contribution in [3.8, 4) is 0 Å². The molecule has 142 valence electrons. The van der Waals surface area contributed by atoms with Crippen LogP contribution in [-0.4, -0.2) is 5.91 Å². The fraction of sp³-hybridized carbons (Fsp3) is 0.435.